The first kappa shape index (κ1) is 28.7. The van der Waals surface area contributed by atoms with Gasteiger partial charge in [0.25, 0.3) is 0 Å². The summed E-state index contributed by atoms with van der Waals surface area (Å²) in [5.41, 5.74) is 0.662. The van der Waals surface area contributed by atoms with Gasteiger partial charge in [0.05, 0.1) is 7.11 Å². The molecule has 0 aromatic heterocycles. The number of unbranched alkanes of at least 4 members (excludes halogenated alkanes) is 1. The number of carbonyl (C=O) groups excluding carboxylic acids is 1. The van der Waals surface area contributed by atoms with Gasteiger partial charge in [-0.3, -0.25) is 0 Å². The molecule has 0 unspecified atom stereocenters. The Morgan fingerprint density at radius 3 is 2.67 bits per heavy atom. The first-order valence-corrected chi connectivity index (χ1v) is 14.1. The topological polar surface area (TPSA) is 62.8 Å². The Kier molecular flexibility index (Phi) is 12.3. The predicted octanol–water partition coefficient (Wildman–Crippen LogP) is 5.71. The molecule has 2 N–H and O–H groups in total. The molecule has 36 heavy (non-hydrogen) atoms. The van der Waals surface area contributed by atoms with Crippen LogP contribution in [0.4, 0.5) is 9.18 Å². The third kappa shape index (κ3) is 8.34. The maximum Gasteiger partial charge on any atom is 0.317 e. The van der Waals surface area contributed by atoms with Crippen molar-refractivity contribution >= 4 is 6.03 Å². The molecule has 6 nitrogen and oxygen atoms in total. The van der Waals surface area contributed by atoms with Gasteiger partial charge in [-0.05, 0) is 69.0 Å². The summed E-state index contributed by atoms with van der Waals surface area (Å²) in [7, 11) is 5.27. The Morgan fingerprint density at radius 1 is 1.14 bits per heavy atom. The van der Waals surface area contributed by atoms with Gasteiger partial charge >= 0.3 is 6.03 Å². The van der Waals surface area contributed by atoms with Crippen LogP contribution in [0, 0.1) is 17.7 Å². The van der Waals surface area contributed by atoms with Crippen LogP contribution in [0.3, 0.4) is 0 Å². The van der Waals surface area contributed by atoms with E-state index in [4.69, 9.17) is 9.47 Å². The van der Waals surface area contributed by atoms with E-state index in [1.54, 1.807) is 20.3 Å². The zero-order valence-electron chi connectivity index (χ0n) is 22.7. The van der Waals surface area contributed by atoms with Gasteiger partial charge in [0.2, 0.25) is 0 Å². The molecule has 2 aliphatic rings. The summed E-state index contributed by atoms with van der Waals surface area (Å²) in [6.45, 7) is 2.89. The number of piperidine rings is 1. The SMILES string of the molecule is CNC[C@H](CC1CCCCC1)NC(=O)N1CCC[C@@H]([C@@H](CCCCOC)c2c(F)cccc2OC)C1. The van der Waals surface area contributed by atoms with Gasteiger partial charge in [-0.2, -0.15) is 0 Å². The van der Waals surface area contributed by atoms with Crippen molar-refractivity contribution < 1.29 is 18.7 Å². The minimum atomic E-state index is -0.214. The molecule has 0 radical (unpaired) electrons. The highest BCUT2D eigenvalue weighted by atomic mass is 19.1. The number of nitrogens with one attached hydrogen (secondary N) is 2. The van der Waals surface area contributed by atoms with Crippen molar-refractivity contribution in [2.75, 3.05) is 47.5 Å². The van der Waals surface area contributed by atoms with E-state index in [0.717, 1.165) is 51.6 Å². The van der Waals surface area contributed by atoms with Crippen molar-refractivity contribution in [3.63, 3.8) is 0 Å². The second-order valence-corrected chi connectivity index (χ2v) is 10.7. The quantitative estimate of drug-likeness (QED) is 0.337. The fourth-order valence-electron chi connectivity index (χ4n) is 6.34. The van der Waals surface area contributed by atoms with E-state index in [0.29, 0.717) is 30.4 Å². The number of likely N-dealkylation sites (tertiary alicyclic amines) is 1. The Balaban J connectivity index is 1.69. The Morgan fingerprint density at radius 2 is 1.94 bits per heavy atom. The highest BCUT2D eigenvalue weighted by molar-refractivity contribution is 5.74. The first-order valence-electron chi connectivity index (χ1n) is 14.1. The standard InChI is InChI=1S/C29H48FN3O3/c1-31-20-24(19-22-11-5-4-6-12-22)32-29(34)33-17-10-13-23(21-33)25(14-7-8-18-35-2)28-26(30)15-9-16-27(28)36-3/h9,15-16,22-25,31H,4-8,10-14,17-21H2,1-3H3,(H,32,34)/t23-,24+,25-/m1/s1. The number of likely N-dealkylation sites (N-methyl/N-ethyl adjacent to an activating group) is 1. The van der Waals surface area contributed by atoms with Crippen molar-refractivity contribution in [2.24, 2.45) is 11.8 Å². The molecule has 7 heteroatoms. The summed E-state index contributed by atoms with van der Waals surface area (Å²) < 4.78 is 26.0. The third-order valence-corrected chi connectivity index (χ3v) is 8.15. The number of methoxy groups -OCH3 is 2. The number of hydrogen-bond donors (Lipinski definition) is 2. The largest absolute Gasteiger partial charge is 0.496 e. The van der Waals surface area contributed by atoms with Crippen LogP contribution in [-0.2, 0) is 4.74 Å². The lowest BCUT2D eigenvalue weighted by molar-refractivity contribution is 0.145. The van der Waals surface area contributed by atoms with Gasteiger partial charge in [-0.1, -0.05) is 44.6 Å². The lowest BCUT2D eigenvalue weighted by Crippen LogP contribution is -2.51. The van der Waals surface area contributed by atoms with Gasteiger partial charge in [-0.15, -0.1) is 0 Å². The molecule has 0 bridgehead atoms. The van der Waals surface area contributed by atoms with Crippen LogP contribution in [0.5, 0.6) is 5.75 Å². The van der Waals surface area contributed by atoms with Crippen molar-refractivity contribution in [3.8, 4) is 5.75 Å². The molecule has 204 valence electrons. The highest BCUT2D eigenvalue weighted by Crippen LogP contribution is 2.41. The number of amides is 2. The first-order chi connectivity index (χ1) is 17.6. The van der Waals surface area contributed by atoms with Gasteiger partial charge in [0.1, 0.15) is 11.6 Å². The molecule has 1 aromatic rings. The zero-order chi connectivity index (χ0) is 25.8. The summed E-state index contributed by atoms with van der Waals surface area (Å²) >= 11 is 0. The molecule has 1 saturated heterocycles. The molecular formula is C29H48FN3O3. The number of rotatable bonds is 13. The van der Waals surface area contributed by atoms with E-state index in [9.17, 15) is 4.79 Å². The van der Waals surface area contributed by atoms with E-state index in [2.05, 4.69) is 10.6 Å². The Bertz CT molecular complexity index is 787. The van der Waals surface area contributed by atoms with Crippen LogP contribution in [-0.4, -0.2) is 64.5 Å². The normalized spacial score (nSPS) is 20.7. The molecule has 3 rings (SSSR count). The number of halogens is 1. The molecule has 3 atom stereocenters. The minimum absolute atomic E-state index is 0.00366. The summed E-state index contributed by atoms with van der Waals surface area (Å²) in [4.78, 5) is 15.4. The highest BCUT2D eigenvalue weighted by Gasteiger charge is 2.34. The van der Waals surface area contributed by atoms with Crippen molar-refractivity contribution in [1.29, 1.82) is 0 Å². The van der Waals surface area contributed by atoms with Crippen molar-refractivity contribution in [1.82, 2.24) is 15.5 Å². The van der Waals surface area contributed by atoms with Crippen molar-refractivity contribution in [3.05, 3.63) is 29.6 Å². The molecule has 2 amide bonds. The predicted molar refractivity (Wildman–Crippen MR) is 143 cm³/mol. The second-order valence-electron chi connectivity index (χ2n) is 10.7. The van der Waals surface area contributed by atoms with E-state index in [1.165, 1.54) is 38.2 Å². The third-order valence-electron chi connectivity index (χ3n) is 8.15. The molecule has 1 aliphatic heterocycles. The average molecular weight is 506 g/mol. The maximum atomic E-state index is 15.1. The average Bonchev–Trinajstić information content (AvgIpc) is 2.90. The molecule has 1 aromatic carbocycles. The van der Waals surface area contributed by atoms with Crippen LogP contribution in [0.15, 0.2) is 18.2 Å². The summed E-state index contributed by atoms with van der Waals surface area (Å²) in [5.74, 6) is 1.29. The molecule has 1 aliphatic carbocycles. The van der Waals surface area contributed by atoms with Crippen LogP contribution in [0.2, 0.25) is 0 Å². The second kappa shape index (κ2) is 15.4. The number of benzene rings is 1. The number of ether oxygens (including phenoxy) is 2. The number of nitrogens with zero attached hydrogens (tertiary/aromatic N) is 1. The number of urea groups is 1. The molecule has 2 fully saturated rings. The van der Waals surface area contributed by atoms with Crippen LogP contribution in [0.25, 0.3) is 0 Å². The summed E-state index contributed by atoms with van der Waals surface area (Å²) in [6, 6.07) is 5.24. The van der Waals surface area contributed by atoms with E-state index < -0.39 is 0 Å². The molecular weight excluding hydrogens is 457 g/mol. The number of carbonyl (C=O) groups is 1. The lowest BCUT2D eigenvalue weighted by Gasteiger charge is -2.38. The van der Waals surface area contributed by atoms with Crippen LogP contribution >= 0.6 is 0 Å². The van der Waals surface area contributed by atoms with Gasteiger partial charge in [-0.25, -0.2) is 9.18 Å². The fraction of sp³-hybridized carbons (Fsp3) is 0.759. The van der Waals surface area contributed by atoms with Gasteiger partial charge in [0, 0.05) is 45.0 Å². The van der Waals surface area contributed by atoms with Crippen LogP contribution < -0.4 is 15.4 Å². The van der Waals surface area contributed by atoms with Gasteiger partial charge < -0.3 is 25.0 Å². The lowest BCUT2D eigenvalue weighted by atomic mass is 9.77. The number of hydrogen-bond acceptors (Lipinski definition) is 4. The fourth-order valence-corrected chi connectivity index (χ4v) is 6.34. The minimum Gasteiger partial charge on any atom is -0.496 e. The van der Waals surface area contributed by atoms with Crippen molar-refractivity contribution in [2.45, 2.75) is 82.6 Å². The molecule has 1 heterocycles. The Hall–Kier alpha value is -1.86. The van der Waals surface area contributed by atoms with Crippen LogP contribution in [0.1, 0.15) is 82.1 Å². The smallest absolute Gasteiger partial charge is 0.317 e. The van der Waals surface area contributed by atoms with E-state index in [-0.39, 0.29) is 29.7 Å². The Labute approximate surface area is 217 Å². The summed E-state index contributed by atoms with van der Waals surface area (Å²) in [5, 5.41) is 6.60. The van der Waals surface area contributed by atoms with Gasteiger partial charge in [0.15, 0.2) is 0 Å². The van der Waals surface area contributed by atoms with E-state index >= 15 is 4.39 Å². The molecule has 0 spiro atoms. The maximum absolute atomic E-state index is 15.1. The van der Waals surface area contributed by atoms with E-state index in [1.807, 2.05) is 18.0 Å². The molecule has 1 saturated carbocycles. The summed E-state index contributed by atoms with van der Waals surface area (Å²) in [6.07, 6.45) is 12.2. The zero-order valence-corrected chi connectivity index (χ0v) is 22.7. The monoisotopic (exact) mass is 505 g/mol.